The number of likely N-dealkylation sites (tertiary alicyclic amines) is 1. The van der Waals surface area contributed by atoms with Gasteiger partial charge in [-0.25, -0.2) is 4.79 Å². The van der Waals surface area contributed by atoms with E-state index in [1.54, 1.807) is 58.9 Å². The van der Waals surface area contributed by atoms with Crippen molar-refractivity contribution >= 4 is 17.9 Å². The van der Waals surface area contributed by atoms with Crippen LogP contribution in [0.5, 0.6) is 0 Å². The fourth-order valence-electron chi connectivity index (χ4n) is 3.92. The largest absolute Gasteiger partial charge is 0.465 e. The van der Waals surface area contributed by atoms with Crippen LogP contribution in [0, 0.1) is 17.8 Å². The van der Waals surface area contributed by atoms with Crippen molar-refractivity contribution in [1.82, 2.24) is 15.5 Å². The lowest BCUT2D eigenvalue weighted by Crippen LogP contribution is -2.58. The van der Waals surface area contributed by atoms with E-state index in [1.165, 1.54) is 4.90 Å². The van der Waals surface area contributed by atoms with Crippen molar-refractivity contribution in [2.75, 3.05) is 6.54 Å². The number of nitrogens with one attached hydrogen (secondary N) is 2. The van der Waals surface area contributed by atoms with Crippen molar-refractivity contribution in [3.8, 4) is 12.3 Å². The molecule has 1 saturated heterocycles. The van der Waals surface area contributed by atoms with Gasteiger partial charge in [-0.05, 0) is 37.0 Å². The maximum Gasteiger partial charge on any atom is 0.405 e. The molecule has 0 bridgehead atoms. The molecule has 0 spiro atoms. The SMILES string of the molecule is C#Cc1ccc([C@@H](NC(=O)[C@@H]2C[C@@H](O)CN2C(=O)[C@@H](NC(=O)O)C(C)(C)C)C(C)(C)O)cc1. The van der Waals surface area contributed by atoms with E-state index in [9.17, 15) is 29.7 Å². The second-order valence-corrected chi connectivity index (χ2v) is 10.0. The van der Waals surface area contributed by atoms with Crippen LogP contribution in [0.1, 0.15) is 58.2 Å². The Labute approximate surface area is 194 Å². The van der Waals surface area contributed by atoms with E-state index in [1.807, 2.05) is 0 Å². The summed E-state index contributed by atoms with van der Waals surface area (Å²) in [5.41, 5.74) is -0.850. The minimum atomic E-state index is -1.36. The number of carbonyl (C=O) groups excluding carboxylic acids is 2. The second-order valence-electron chi connectivity index (χ2n) is 10.0. The summed E-state index contributed by atoms with van der Waals surface area (Å²) in [6.45, 7) is 8.11. The monoisotopic (exact) mass is 459 g/mol. The Morgan fingerprint density at radius 3 is 2.15 bits per heavy atom. The highest BCUT2D eigenvalue weighted by Gasteiger charge is 2.45. The summed E-state index contributed by atoms with van der Waals surface area (Å²) in [6.07, 6.45) is 3.09. The van der Waals surface area contributed by atoms with E-state index in [-0.39, 0.29) is 13.0 Å². The number of rotatable bonds is 6. The number of amides is 3. The minimum absolute atomic E-state index is 0.00385. The van der Waals surface area contributed by atoms with Crippen LogP contribution in [0.3, 0.4) is 0 Å². The fraction of sp³-hybridized carbons (Fsp3) is 0.542. The van der Waals surface area contributed by atoms with Gasteiger partial charge in [0, 0.05) is 18.5 Å². The number of aliphatic hydroxyl groups excluding tert-OH is 1. The van der Waals surface area contributed by atoms with Crippen LogP contribution in [0.15, 0.2) is 24.3 Å². The van der Waals surface area contributed by atoms with Gasteiger partial charge in [0.1, 0.15) is 12.1 Å². The number of benzene rings is 1. The molecule has 9 nitrogen and oxygen atoms in total. The summed E-state index contributed by atoms with van der Waals surface area (Å²) in [5.74, 6) is 1.35. The normalized spacial score (nSPS) is 20.5. The van der Waals surface area contributed by atoms with Crippen LogP contribution in [0.25, 0.3) is 0 Å². The van der Waals surface area contributed by atoms with Gasteiger partial charge in [0.05, 0.1) is 17.7 Å². The van der Waals surface area contributed by atoms with Crippen LogP contribution in [0.4, 0.5) is 4.79 Å². The standard InChI is InChI=1S/C24H33N3O6/c1-7-14-8-10-15(11-9-14)18(24(5,6)33)25-20(29)17-12-16(28)13-27(17)21(30)19(23(2,3)4)26-22(31)32/h1,8-11,16-19,26,28,33H,12-13H2,2-6H3,(H,25,29)(H,31,32)/t16-,17+,18-,19-/m1/s1. The molecule has 1 aliphatic heterocycles. The molecule has 180 valence electrons. The Morgan fingerprint density at radius 2 is 1.70 bits per heavy atom. The average Bonchev–Trinajstić information content (AvgIpc) is 3.10. The van der Waals surface area contributed by atoms with Crippen LogP contribution in [0.2, 0.25) is 0 Å². The first kappa shape index (κ1) is 26.2. The fourth-order valence-corrected chi connectivity index (χ4v) is 3.92. The third-order valence-electron chi connectivity index (χ3n) is 5.65. The van der Waals surface area contributed by atoms with E-state index in [0.717, 1.165) is 0 Å². The van der Waals surface area contributed by atoms with Gasteiger partial charge in [-0.15, -0.1) is 6.42 Å². The summed E-state index contributed by atoms with van der Waals surface area (Å²) in [4.78, 5) is 39.0. The van der Waals surface area contributed by atoms with Gasteiger partial charge in [0.2, 0.25) is 11.8 Å². The zero-order chi connectivity index (χ0) is 25.1. The van der Waals surface area contributed by atoms with Crippen molar-refractivity contribution in [2.24, 2.45) is 5.41 Å². The summed E-state index contributed by atoms with van der Waals surface area (Å²) >= 11 is 0. The molecule has 5 N–H and O–H groups in total. The smallest absolute Gasteiger partial charge is 0.405 e. The zero-order valence-corrected chi connectivity index (χ0v) is 19.6. The number of β-amino-alcohol motifs (C(OH)–C–C–N with tert-alkyl or cyclic N) is 1. The van der Waals surface area contributed by atoms with Gasteiger partial charge in [0.25, 0.3) is 0 Å². The summed E-state index contributed by atoms with van der Waals surface area (Å²) in [6, 6.07) is 3.84. The van der Waals surface area contributed by atoms with Gasteiger partial charge >= 0.3 is 6.09 Å². The summed E-state index contributed by atoms with van der Waals surface area (Å²) in [7, 11) is 0. The molecular formula is C24H33N3O6. The molecule has 1 fully saturated rings. The predicted octanol–water partition coefficient (Wildman–Crippen LogP) is 1.24. The Balaban J connectivity index is 2.31. The number of carboxylic acid groups (broad SMARTS) is 1. The van der Waals surface area contributed by atoms with Crippen LogP contribution in [-0.4, -0.2) is 68.5 Å². The third kappa shape index (κ3) is 6.46. The van der Waals surface area contributed by atoms with Gasteiger partial charge in [-0.1, -0.05) is 38.8 Å². The van der Waals surface area contributed by atoms with E-state index in [2.05, 4.69) is 16.6 Å². The average molecular weight is 460 g/mol. The third-order valence-corrected chi connectivity index (χ3v) is 5.65. The molecule has 1 heterocycles. The molecule has 4 atom stereocenters. The molecule has 0 saturated carbocycles. The van der Waals surface area contributed by atoms with E-state index in [0.29, 0.717) is 11.1 Å². The first-order valence-corrected chi connectivity index (χ1v) is 10.7. The molecule has 0 unspecified atom stereocenters. The van der Waals surface area contributed by atoms with Gasteiger partial charge in [0.15, 0.2) is 0 Å². The molecule has 3 amide bonds. The number of terminal acetylenes is 1. The van der Waals surface area contributed by atoms with Crippen molar-refractivity contribution < 1.29 is 29.7 Å². The maximum atomic E-state index is 13.3. The predicted molar refractivity (Wildman–Crippen MR) is 122 cm³/mol. The molecule has 0 aliphatic carbocycles. The molecule has 1 aliphatic rings. The first-order valence-electron chi connectivity index (χ1n) is 10.7. The molecule has 1 aromatic carbocycles. The highest BCUT2D eigenvalue weighted by atomic mass is 16.4. The van der Waals surface area contributed by atoms with Crippen LogP contribution < -0.4 is 10.6 Å². The van der Waals surface area contributed by atoms with E-state index >= 15 is 0 Å². The van der Waals surface area contributed by atoms with Gasteiger partial charge in [-0.3, -0.25) is 9.59 Å². The summed E-state index contributed by atoms with van der Waals surface area (Å²) < 4.78 is 0. The second kappa shape index (κ2) is 9.81. The van der Waals surface area contributed by atoms with Crippen LogP contribution in [-0.2, 0) is 9.59 Å². The number of carbonyl (C=O) groups is 3. The summed E-state index contributed by atoms with van der Waals surface area (Å²) in [5, 5.41) is 35.1. The highest BCUT2D eigenvalue weighted by Crippen LogP contribution is 2.29. The zero-order valence-electron chi connectivity index (χ0n) is 19.6. The van der Waals surface area contributed by atoms with E-state index in [4.69, 9.17) is 6.42 Å². The number of hydrogen-bond acceptors (Lipinski definition) is 5. The number of hydrogen-bond donors (Lipinski definition) is 5. The maximum absolute atomic E-state index is 13.3. The topological polar surface area (TPSA) is 139 Å². The number of aliphatic hydroxyl groups is 2. The van der Waals surface area contributed by atoms with Gasteiger partial charge in [-0.2, -0.15) is 0 Å². The van der Waals surface area contributed by atoms with Crippen molar-refractivity contribution in [3.63, 3.8) is 0 Å². The van der Waals surface area contributed by atoms with Crippen molar-refractivity contribution in [2.45, 2.75) is 70.9 Å². The van der Waals surface area contributed by atoms with E-state index < -0.39 is 53.2 Å². The molecule has 2 rings (SSSR count). The lowest BCUT2D eigenvalue weighted by molar-refractivity contribution is -0.142. The Bertz CT molecular complexity index is 923. The Morgan fingerprint density at radius 1 is 1.12 bits per heavy atom. The molecule has 9 heteroatoms. The quantitative estimate of drug-likeness (QED) is 0.406. The van der Waals surface area contributed by atoms with Crippen LogP contribution >= 0.6 is 0 Å². The molecule has 33 heavy (non-hydrogen) atoms. The number of nitrogens with zero attached hydrogens (tertiary/aromatic N) is 1. The molecule has 1 aromatic rings. The lowest BCUT2D eigenvalue weighted by atomic mass is 9.85. The van der Waals surface area contributed by atoms with Crippen molar-refractivity contribution in [3.05, 3.63) is 35.4 Å². The molecule has 0 aromatic heterocycles. The molecular weight excluding hydrogens is 426 g/mol. The Hall–Kier alpha value is -3.09. The van der Waals surface area contributed by atoms with Gasteiger partial charge < -0.3 is 30.9 Å². The van der Waals surface area contributed by atoms with Crippen molar-refractivity contribution in [1.29, 1.82) is 0 Å². The highest BCUT2D eigenvalue weighted by molar-refractivity contribution is 5.92. The minimum Gasteiger partial charge on any atom is -0.465 e. The first-order chi connectivity index (χ1) is 15.1. The Kier molecular flexibility index (Phi) is 7.78. The lowest BCUT2D eigenvalue weighted by Gasteiger charge is -2.36. The molecule has 0 radical (unpaired) electrons.